The number of ether oxygens (including phenoxy) is 1. The fourth-order valence-corrected chi connectivity index (χ4v) is 4.69. The number of carbonyl (C=O) groups excluding carboxylic acids is 1. The maximum absolute atomic E-state index is 13.1. The average Bonchev–Trinajstić information content (AvgIpc) is 2.81. The van der Waals surface area contributed by atoms with Crippen LogP contribution in [0.25, 0.3) is 22.2 Å². The van der Waals surface area contributed by atoms with Crippen molar-refractivity contribution in [3.8, 4) is 17.0 Å². The molecule has 0 aliphatic heterocycles. The Kier molecular flexibility index (Phi) is 6.97. The Morgan fingerprint density at radius 1 is 1.06 bits per heavy atom. The van der Waals surface area contributed by atoms with Gasteiger partial charge in [-0.05, 0) is 47.1 Å². The zero-order chi connectivity index (χ0) is 22.5. The van der Waals surface area contributed by atoms with Crippen LogP contribution in [0.1, 0.15) is 22.8 Å². The molecule has 0 radical (unpaired) electrons. The molecule has 0 unspecified atom stereocenters. The van der Waals surface area contributed by atoms with E-state index in [0.717, 1.165) is 36.7 Å². The summed E-state index contributed by atoms with van der Waals surface area (Å²) in [5.74, 6) is 0.346. The molecule has 0 saturated carbocycles. The van der Waals surface area contributed by atoms with Gasteiger partial charge in [0.1, 0.15) is 5.75 Å². The van der Waals surface area contributed by atoms with Crippen molar-refractivity contribution >= 4 is 54.9 Å². The predicted octanol–water partition coefficient (Wildman–Crippen LogP) is 6.59. The topological polar surface area (TPSA) is 63.6 Å². The Balaban J connectivity index is 1.66. The minimum absolute atomic E-state index is 0.316. The molecule has 3 aromatic carbocycles. The van der Waals surface area contributed by atoms with Crippen LogP contribution in [-0.2, 0) is 0 Å². The lowest BCUT2D eigenvalue weighted by atomic mass is 10.0. The summed E-state index contributed by atoms with van der Waals surface area (Å²) >= 11 is 6.97. The molecule has 0 fully saturated rings. The Morgan fingerprint density at radius 2 is 1.81 bits per heavy atom. The second-order valence-corrected chi connectivity index (χ2v) is 8.65. The van der Waals surface area contributed by atoms with Crippen LogP contribution in [0.15, 0.2) is 86.8 Å². The summed E-state index contributed by atoms with van der Waals surface area (Å²) in [6.07, 6.45) is 1.57. The number of aromatic nitrogens is 1. The Bertz CT molecular complexity index is 1310. The zero-order valence-electron chi connectivity index (χ0n) is 17.2. The van der Waals surface area contributed by atoms with Crippen molar-refractivity contribution in [2.75, 3.05) is 6.61 Å². The predicted molar refractivity (Wildman–Crippen MR) is 135 cm³/mol. The molecule has 160 valence electrons. The minimum Gasteiger partial charge on any atom is -0.492 e. The van der Waals surface area contributed by atoms with Gasteiger partial charge in [0.25, 0.3) is 5.91 Å². The molecule has 0 atom stereocenters. The minimum atomic E-state index is -0.316. The van der Waals surface area contributed by atoms with Crippen molar-refractivity contribution < 1.29 is 9.53 Å². The van der Waals surface area contributed by atoms with Gasteiger partial charge < -0.3 is 4.74 Å². The number of rotatable bonds is 6. The number of hydrogen-bond donors (Lipinski definition) is 1. The second-order valence-electron chi connectivity index (χ2n) is 6.88. The smallest absolute Gasteiger partial charge is 0.272 e. The fourth-order valence-electron chi connectivity index (χ4n) is 3.31. The van der Waals surface area contributed by atoms with Crippen LogP contribution in [0.4, 0.5) is 0 Å². The van der Waals surface area contributed by atoms with Crippen molar-refractivity contribution in [2.24, 2.45) is 5.10 Å². The third-order valence-electron chi connectivity index (χ3n) is 4.73. The fraction of sp³-hybridized carbons (Fsp3) is 0.0800. The number of amides is 1. The van der Waals surface area contributed by atoms with E-state index < -0.39 is 0 Å². The number of nitrogens with one attached hydrogen (secondary N) is 1. The molecule has 5 nitrogen and oxygen atoms in total. The van der Waals surface area contributed by atoms with Crippen LogP contribution >= 0.6 is 31.9 Å². The van der Waals surface area contributed by atoms with Crippen LogP contribution in [-0.4, -0.2) is 23.7 Å². The molecule has 0 aliphatic rings. The van der Waals surface area contributed by atoms with Gasteiger partial charge in [-0.2, -0.15) is 5.10 Å². The molecular weight excluding hydrogens is 534 g/mol. The van der Waals surface area contributed by atoms with Gasteiger partial charge in [-0.1, -0.05) is 64.5 Å². The van der Waals surface area contributed by atoms with E-state index in [1.807, 2.05) is 73.7 Å². The van der Waals surface area contributed by atoms with Crippen molar-refractivity contribution in [1.82, 2.24) is 10.4 Å². The number of para-hydroxylation sites is 1. The summed E-state index contributed by atoms with van der Waals surface area (Å²) in [6, 6.07) is 22.9. The molecule has 0 spiro atoms. The monoisotopic (exact) mass is 551 g/mol. The van der Waals surface area contributed by atoms with Gasteiger partial charge >= 0.3 is 0 Å². The lowest BCUT2D eigenvalue weighted by Gasteiger charge is -2.10. The van der Waals surface area contributed by atoms with Gasteiger partial charge in [0, 0.05) is 21.0 Å². The molecule has 0 saturated heterocycles. The maximum Gasteiger partial charge on any atom is 0.272 e. The van der Waals surface area contributed by atoms with Gasteiger partial charge in [0.2, 0.25) is 0 Å². The molecule has 1 amide bonds. The number of fused-ring (bicyclic) bond motifs is 1. The quantitative estimate of drug-likeness (QED) is 0.217. The summed E-state index contributed by atoms with van der Waals surface area (Å²) in [5, 5.41) is 4.95. The molecular formula is C25H19Br2N3O2. The molecule has 1 aromatic heterocycles. The van der Waals surface area contributed by atoms with E-state index in [2.05, 4.69) is 42.4 Å². The van der Waals surface area contributed by atoms with Crippen molar-refractivity contribution in [2.45, 2.75) is 6.92 Å². The summed E-state index contributed by atoms with van der Waals surface area (Å²) in [6.45, 7) is 2.43. The Morgan fingerprint density at radius 3 is 2.59 bits per heavy atom. The highest BCUT2D eigenvalue weighted by Gasteiger charge is 2.14. The van der Waals surface area contributed by atoms with E-state index in [0.29, 0.717) is 17.9 Å². The first kappa shape index (κ1) is 22.2. The number of pyridine rings is 1. The van der Waals surface area contributed by atoms with Gasteiger partial charge in [-0.25, -0.2) is 10.4 Å². The molecule has 1 heterocycles. The van der Waals surface area contributed by atoms with E-state index in [1.165, 1.54) is 0 Å². The highest BCUT2D eigenvalue weighted by Crippen LogP contribution is 2.32. The summed E-state index contributed by atoms with van der Waals surface area (Å²) < 4.78 is 7.38. The number of benzene rings is 3. The SMILES string of the molecule is CCOc1c(Br)cc(Br)cc1/C=N\NC(=O)c1cc(-c2ccccc2)nc2ccccc12. The molecule has 0 bridgehead atoms. The number of halogens is 2. The van der Waals surface area contributed by atoms with E-state index >= 15 is 0 Å². The van der Waals surface area contributed by atoms with Gasteiger partial charge in [0.15, 0.2) is 0 Å². The van der Waals surface area contributed by atoms with Crippen LogP contribution in [0.2, 0.25) is 0 Å². The summed E-state index contributed by atoms with van der Waals surface area (Å²) in [7, 11) is 0. The molecule has 0 aliphatic carbocycles. The van der Waals surface area contributed by atoms with Crippen molar-refractivity contribution in [3.05, 3.63) is 92.9 Å². The largest absolute Gasteiger partial charge is 0.492 e. The summed E-state index contributed by atoms with van der Waals surface area (Å²) in [5.41, 5.74) is 6.30. The lowest BCUT2D eigenvalue weighted by molar-refractivity contribution is 0.0956. The Labute approximate surface area is 202 Å². The number of nitrogens with zero attached hydrogens (tertiary/aromatic N) is 2. The first-order valence-electron chi connectivity index (χ1n) is 9.97. The third-order valence-corrected chi connectivity index (χ3v) is 5.77. The maximum atomic E-state index is 13.1. The third kappa shape index (κ3) is 4.89. The molecule has 32 heavy (non-hydrogen) atoms. The second kappa shape index (κ2) is 10.1. The van der Waals surface area contributed by atoms with E-state index in [1.54, 1.807) is 12.3 Å². The van der Waals surface area contributed by atoms with Gasteiger partial charge in [0.05, 0.1) is 34.1 Å². The van der Waals surface area contributed by atoms with E-state index in [-0.39, 0.29) is 5.91 Å². The molecule has 4 aromatic rings. The highest BCUT2D eigenvalue weighted by molar-refractivity contribution is 9.11. The summed E-state index contributed by atoms with van der Waals surface area (Å²) in [4.78, 5) is 17.8. The first-order valence-corrected chi connectivity index (χ1v) is 11.6. The number of hydrogen-bond acceptors (Lipinski definition) is 4. The van der Waals surface area contributed by atoms with E-state index in [4.69, 9.17) is 9.72 Å². The molecule has 4 rings (SSSR count). The zero-order valence-corrected chi connectivity index (χ0v) is 20.4. The lowest BCUT2D eigenvalue weighted by Crippen LogP contribution is -2.18. The first-order chi connectivity index (χ1) is 15.6. The van der Waals surface area contributed by atoms with Crippen molar-refractivity contribution in [3.63, 3.8) is 0 Å². The molecule has 1 N–H and O–H groups in total. The van der Waals surface area contributed by atoms with Crippen LogP contribution in [0.3, 0.4) is 0 Å². The van der Waals surface area contributed by atoms with Crippen LogP contribution < -0.4 is 10.2 Å². The standard InChI is InChI=1S/C25H19Br2N3O2/c1-2-32-24-17(12-18(26)13-21(24)27)15-28-30-25(31)20-14-23(16-8-4-3-5-9-16)29-22-11-7-6-10-19(20)22/h3-15H,2H2,1H3,(H,30,31)/b28-15-. The van der Waals surface area contributed by atoms with Gasteiger partial charge in [-0.15, -0.1) is 0 Å². The average molecular weight is 553 g/mol. The van der Waals surface area contributed by atoms with E-state index in [9.17, 15) is 4.79 Å². The normalized spacial score (nSPS) is 11.1. The number of carbonyl (C=O) groups is 1. The number of hydrazone groups is 1. The van der Waals surface area contributed by atoms with Crippen LogP contribution in [0.5, 0.6) is 5.75 Å². The highest BCUT2D eigenvalue weighted by atomic mass is 79.9. The Hall–Kier alpha value is -3.03. The van der Waals surface area contributed by atoms with Gasteiger partial charge in [-0.3, -0.25) is 4.79 Å². The van der Waals surface area contributed by atoms with Crippen molar-refractivity contribution in [1.29, 1.82) is 0 Å². The molecule has 7 heteroatoms. The van der Waals surface area contributed by atoms with Crippen LogP contribution in [0, 0.1) is 0 Å².